The smallest absolute Gasteiger partial charge is 0.220 e. The minimum atomic E-state index is -0.427. The Bertz CT molecular complexity index is 403. The maximum absolute atomic E-state index is 11.8. The normalized spacial score (nSPS) is 14.0. The predicted molar refractivity (Wildman–Crippen MR) is 86.0 cm³/mol. The number of hydrogen-bond donors (Lipinski definition) is 2. The quantitative estimate of drug-likeness (QED) is 0.734. The topological polar surface area (TPSA) is 52.6 Å². The maximum atomic E-state index is 11.8. The molecule has 0 radical (unpaired) electrons. The number of amides is 1. The van der Waals surface area contributed by atoms with E-state index in [4.69, 9.17) is 0 Å². The van der Waals surface area contributed by atoms with E-state index < -0.39 is 6.10 Å². The molecule has 21 heavy (non-hydrogen) atoms. The predicted octanol–water partition coefficient (Wildman–Crippen LogP) is 2.35. The van der Waals surface area contributed by atoms with Gasteiger partial charge in [-0.15, -0.1) is 0 Å². The molecule has 0 fully saturated rings. The lowest BCUT2D eigenvalue weighted by Crippen LogP contribution is -2.38. The van der Waals surface area contributed by atoms with Crippen molar-refractivity contribution in [3.05, 3.63) is 35.9 Å². The molecule has 0 bridgehead atoms. The summed E-state index contributed by atoms with van der Waals surface area (Å²) in [6, 6.07) is 10.5. The summed E-state index contributed by atoms with van der Waals surface area (Å²) in [6.07, 6.45) is 0.452. The van der Waals surface area contributed by atoms with Crippen LogP contribution >= 0.6 is 0 Å². The maximum Gasteiger partial charge on any atom is 0.220 e. The Balaban J connectivity index is 2.64. The van der Waals surface area contributed by atoms with Crippen LogP contribution in [0.3, 0.4) is 0 Å². The molecule has 4 heteroatoms. The molecule has 118 valence electrons. The zero-order valence-electron chi connectivity index (χ0n) is 13.4. The van der Waals surface area contributed by atoms with Crippen LogP contribution in [-0.2, 0) is 4.79 Å². The average molecular weight is 292 g/mol. The highest BCUT2D eigenvalue weighted by Crippen LogP contribution is 2.19. The highest BCUT2D eigenvalue weighted by Gasteiger charge is 2.18. The van der Waals surface area contributed by atoms with Crippen LogP contribution in [0.5, 0.6) is 0 Å². The van der Waals surface area contributed by atoms with E-state index in [0.717, 1.165) is 13.1 Å². The Morgan fingerprint density at radius 3 is 2.38 bits per heavy atom. The molecular weight excluding hydrogens is 264 g/mol. The van der Waals surface area contributed by atoms with Crippen molar-refractivity contribution in [2.45, 2.75) is 45.8 Å². The third kappa shape index (κ3) is 6.27. The Morgan fingerprint density at radius 1 is 1.24 bits per heavy atom. The van der Waals surface area contributed by atoms with Crippen LogP contribution in [0.4, 0.5) is 0 Å². The first kappa shape index (κ1) is 17.7. The van der Waals surface area contributed by atoms with Crippen molar-refractivity contribution in [2.24, 2.45) is 0 Å². The van der Waals surface area contributed by atoms with Crippen molar-refractivity contribution >= 4 is 5.91 Å². The number of carbonyl (C=O) groups is 1. The number of carbonyl (C=O) groups excluding carboxylic acids is 1. The van der Waals surface area contributed by atoms with Gasteiger partial charge in [0, 0.05) is 13.0 Å². The summed E-state index contributed by atoms with van der Waals surface area (Å²) in [5, 5.41) is 12.2. The number of hydrogen-bond acceptors (Lipinski definition) is 3. The zero-order valence-corrected chi connectivity index (χ0v) is 13.4. The minimum Gasteiger partial charge on any atom is -0.393 e. The van der Waals surface area contributed by atoms with Crippen molar-refractivity contribution < 1.29 is 9.90 Å². The van der Waals surface area contributed by atoms with Gasteiger partial charge in [-0.3, -0.25) is 9.69 Å². The monoisotopic (exact) mass is 292 g/mol. The molecule has 1 aromatic rings. The zero-order chi connectivity index (χ0) is 15.7. The minimum absolute atomic E-state index is 0.00369. The second-order valence-electron chi connectivity index (χ2n) is 5.34. The summed E-state index contributed by atoms with van der Waals surface area (Å²) in [5.74, 6) is 0.00369. The lowest BCUT2D eigenvalue weighted by molar-refractivity contribution is -0.121. The average Bonchev–Trinajstić information content (AvgIpc) is 2.50. The van der Waals surface area contributed by atoms with E-state index in [2.05, 4.69) is 36.2 Å². The van der Waals surface area contributed by atoms with E-state index in [1.54, 1.807) is 6.92 Å². The van der Waals surface area contributed by atoms with Crippen molar-refractivity contribution in [1.29, 1.82) is 0 Å². The van der Waals surface area contributed by atoms with Crippen LogP contribution in [-0.4, -0.2) is 41.7 Å². The van der Waals surface area contributed by atoms with E-state index in [-0.39, 0.29) is 11.9 Å². The molecule has 1 rings (SSSR count). The first-order valence-corrected chi connectivity index (χ1v) is 7.82. The van der Waals surface area contributed by atoms with Crippen LogP contribution in [0.2, 0.25) is 0 Å². The molecule has 0 heterocycles. The molecule has 2 atom stereocenters. The number of rotatable bonds is 9. The van der Waals surface area contributed by atoms with Gasteiger partial charge in [0.25, 0.3) is 0 Å². The molecule has 2 unspecified atom stereocenters. The van der Waals surface area contributed by atoms with Crippen LogP contribution in [0.1, 0.15) is 45.2 Å². The summed E-state index contributed by atoms with van der Waals surface area (Å²) < 4.78 is 0. The van der Waals surface area contributed by atoms with E-state index in [1.807, 2.05) is 18.2 Å². The third-order valence-electron chi connectivity index (χ3n) is 3.72. The van der Waals surface area contributed by atoms with E-state index in [9.17, 15) is 9.90 Å². The Labute approximate surface area is 128 Å². The van der Waals surface area contributed by atoms with Crippen molar-refractivity contribution in [1.82, 2.24) is 10.2 Å². The van der Waals surface area contributed by atoms with Gasteiger partial charge >= 0.3 is 0 Å². The van der Waals surface area contributed by atoms with Crippen LogP contribution in [0.15, 0.2) is 30.3 Å². The second-order valence-corrected chi connectivity index (χ2v) is 5.34. The number of nitrogens with one attached hydrogen (secondary N) is 1. The summed E-state index contributed by atoms with van der Waals surface area (Å²) in [5.41, 5.74) is 1.22. The largest absolute Gasteiger partial charge is 0.393 e. The summed E-state index contributed by atoms with van der Waals surface area (Å²) in [4.78, 5) is 14.2. The lowest BCUT2D eigenvalue weighted by atomic mass is 10.0. The molecule has 4 nitrogen and oxygen atoms in total. The fourth-order valence-electron chi connectivity index (χ4n) is 2.44. The Morgan fingerprint density at radius 2 is 1.86 bits per heavy atom. The van der Waals surface area contributed by atoms with Crippen molar-refractivity contribution in [2.75, 3.05) is 19.6 Å². The highest BCUT2D eigenvalue weighted by molar-refractivity contribution is 5.75. The molecule has 2 N–H and O–H groups in total. The number of likely N-dealkylation sites (N-methyl/N-ethyl adjacent to an activating group) is 1. The highest BCUT2D eigenvalue weighted by atomic mass is 16.3. The first-order chi connectivity index (χ1) is 10.1. The third-order valence-corrected chi connectivity index (χ3v) is 3.72. The molecule has 0 saturated heterocycles. The molecule has 0 spiro atoms. The first-order valence-electron chi connectivity index (χ1n) is 7.82. The molecule has 0 aliphatic rings. The van der Waals surface area contributed by atoms with Gasteiger partial charge in [0.2, 0.25) is 5.91 Å². The fourth-order valence-corrected chi connectivity index (χ4v) is 2.44. The number of nitrogens with zero attached hydrogens (tertiary/aromatic N) is 1. The molecule has 1 amide bonds. The number of aliphatic hydroxyl groups is 1. The van der Waals surface area contributed by atoms with Gasteiger partial charge in [-0.25, -0.2) is 0 Å². The standard InChI is InChI=1S/C17H28N2O2/c1-4-19(5-2)16(15-9-7-6-8-10-15)13-18-17(21)12-11-14(3)20/h6-10,14,16,20H,4-5,11-13H2,1-3H3,(H,18,21). The van der Waals surface area contributed by atoms with Gasteiger partial charge in [0.1, 0.15) is 0 Å². The van der Waals surface area contributed by atoms with Gasteiger partial charge in [-0.05, 0) is 32.0 Å². The summed E-state index contributed by atoms with van der Waals surface area (Å²) in [7, 11) is 0. The van der Waals surface area contributed by atoms with Gasteiger partial charge in [-0.1, -0.05) is 44.2 Å². The number of aliphatic hydroxyl groups excluding tert-OH is 1. The molecule has 0 aromatic heterocycles. The number of benzene rings is 1. The van der Waals surface area contributed by atoms with Crippen molar-refractivity contribution in [3.63, 3.8) is 0 Å². The second kappa shape index (κ2) is 9.53. The van der Waals surface area contributed by atoms with E-state index in [1.165, 1.54) is 5.56 Å². The van der Waals surface area contributed by atoms with E-state index >= 15 is 0 Å². The SMILES string of the molecule is CCN(CC)C(CNC(=O)CCC(C)O)c1ccccc1. The van der Waals surface area contributed by atoms with Crippen molar-refractivity contribution in [3.8, 4) is 0 Å². The Hall–Kier alpha value is -1.39. The molecule has 0 aliphatic carbocycles. The van der Waals surface area contributed by atoms with Gasteiger partial charge in [0.05, 0.1) is 12.1 Å². The molecular formula is C17H28N2O2. The van der Waals surface area contributed by atoms with E-state index in [0.29, 0.717) is 19.4 Å². The van der Waals surface area contributed by atoms with Crippen LogP contribution in [0.25, 0.3) is 0 Å². The Kier molecular flexibility index (Phi) is 8.01. The molecule has 0 aliphatic heterocycles. The van der Waals surface area contributed by atoms with Crippen LogP contribution < -0.4 is 5.32 Å². The fraction of sp³-hybridized carbons (Fsp3) is 0.588. The van der Waals surface area contributed by atoms with Gasteiger partial charge in [0.15, 0.2) is 0 Å². The van der Waals surface area contributed by atoms with Gasteiger partial charge in [-0.2, -0.15) is 0 Å². The van der Waals surface area contributed by atoms with Gasteiger partial charge < -0.3 is 10.4 Å². The molecule has 1 aromatic carbocycles. The summed E-state index contributed by atoms with van der Waals surface area (Å²) >= 11 is 0. The summed E-state index contributed by atoms with van der Waals surface area (Å²) in [6.45, 7) is 8.46. The molecule has 0 saturated carbocycles. The lowest BCUT2D eigenvalue weighted by Gasteiger charge is -2.30. The van der Waals surface area contributed by atoms with Crippen LogP contribution in [0, 0.1) is 0 Å².